The lowest BCUT2D eigenvalue weighted by Gasteiger charge is -2.16. The van der Waals surface area contributed by atoms with E-state index in [4.69, 9.17) is 4.42 Å². The van der Waals surface area contributed by atoms with Crippen LogP contribution in [0.3, 0.4) is 0 Å². The maximum absolute atomic E-state index is 13.4. The van der Waals surface area contributed by atoms with Gasteiger partial charge in [-0.05, 0) is 43.3 Å². The summed E-state index contributed by atoms with van der Waals surface area (Å²) in [7, 11) is -0.931. The molecule has 0 saturated carbocycles. The number of halogens is 4. The van der Waals surface area contributed by atoms with E-state index in [1.807, 2.05) is 0 Å². The summed E-state index contributed by atoms with van der Waals surface area (Å²) in [6.07, 6.45) is -3.55. The van der Waals surface area contributed by atoms with Crippen molar-refractivity contribution in [3.8, 4) is 11.3 Å². The molecular formula is C24H22F4N6O4S. The predicted molar refractivity (Wildman–Crippen MR) is 132 cm³/mol. The lowest BCUT2D eigenvalue weighted by atomic mass is 10.1. The molecule has 10 nitrogen and oxygen atoms in total. The summed E-state index contributed by atoms with van der Waals surface area (Å²) >= 11 is 0. The fourth-order valence-electron chi connectivity index (χ4n) is 3.43. The van der Waals surface area contributed by atoms with Crippen molar-refractivity contribution in [2.45, 2.75) is 30.8 Å². The molecular weight excluding hydrogens is 544 g/mol. The zero-order valence-corrected chi connectivity index (χ0v) is 21.6. The Balaban J connectivity index is 1.47. The Kier molecular flexibility index (Phi) is 7.57. The number of aromatic nitrogens is 3. The van der Waals surface area contributed by atoms with Gasteiger partial charge in [-0.3, -0.25) is 9.78 Å². The second-order valence-electron chi connectivity index (χ2n) is 8.68. The van der Waals surface area contributed by atoms with E-state index in [0.717, 1.165) is 30.5 Å². The van der Waals surface area contributed by atoms with Crippen LogP contribution in [0, 0.1) is 5.82 Å². The van der Waals surface area contributed by atoms with Crippen LogP contribution in [-0.2, 0) is 27.5 Å². The first-order valence-electron chi connectivity index (χ1n) is 11.3. The van der Waals surface area contributed by atoms with Crippen LogP contribution in [0.1, 0.15) is 18.3 Å². The van der Waals surface area contributed by atoms with Gasteiger partial charge in [-0.2, -0.15) is 17.9 Å². The SMILES string of the molecule is C[C@H](NS(=O)(=O)c1cc2cc(F)ccc2o1)C(=O)NCc1cc(-c2ccc(C(F)(F)F)nc2)nc(N(C)C)n1. The quantitative estimate of drug-likeness (QED) is 0.310. The van der Waals surface area contributed by atoms with Gasteiger partial charge in [-0.1, -0.05) is 0 Å². The third kappa shape index (κ3) is 6.49. The number of sulfonamides is 1. The van der Waals surface area contributed by atoms with Crippen molar-refractivity contribution in [3.05, 3.63) is 65.9 Å². The lowest BCUT2D eigenvalue weighted by molar-refractivity contribution is -0.141. The Morgan fingerprint density at radius 2 is 1.85 bits per heavy atom. The number of nitrogens with zero attached hydrogens (tertiary/aromatic N) is 4. The molecule has 15 heteroatoms. The molecule has 0 radical (unpaired) electrons. The van der Waals surface area contributed by atoms with Gasteiger partial charge in [0.2, 0.25) is 16.9 Å². The van der Waals surface area contributed by atoms with Crippen LogP contribution in [0.2, 0.25) is 0 Å². The molecule has 0 bridgehead atoms. The number of hydrogen-bond donors (Lipinski definition) is 2. The molecule has 0 fully saturated rings. The molecule has 0 unspecified atom stereocenters. The topological polar surface area (TPSA) is 130 Å². The van der Waals surface area contributed by atoms with Crippen molar-refractivity contribution in [1.82, 2.24) is 25.0 Å². The van der Waals surface area contributed by atoms with Crippen LogP contribution in [0.15, 0.2) is 58.2 Å². The van der Waals surface area contributed by atoms with E-state index in [1.54, 1.807) is 19.0 Å². The van der Waals surface area contributed by atoms with Crippen LogP contribution >= 0.6 is 0 Å². The first-order valence-corrected chi connectivity index (χ1v) is 12.8. The first kappa shape index (κ1) is 27.9. The number of carbonyl (C=O) groups excluding carboxylic acids is 1. The summed E-state index contributed by atoms with van der Waals surface area (Å²) in [5.41, 5.74) is -0.00579. The summed E-state index contributed by atoms with van der Waals surface area (Å²) in [6, 6.07) is 6.98. The van der Waals surface area contributed by atoms with Crippen molar-refractivity contribution < 1.29 is 35.2 Å². The molecule has 0 saturated heterocycles. The van der Waals surface area contributed by atoms with Crippen molar-refractivity contribution in [3.63, 3.8) is 0 Å². The summed E-state index contributed by atoms with van der Waals surface area (Å²) < 4.78 is 84.9. The second-order valence-corrected chi connectivity index (χ2v) is 10.3. The minimum absolute atomic E-state index is 0.140. The van der Waals surface area contributed by atoms with E-state index in [-0.39, 0.29) is 29.2 Å². The van der Waals surface area contributed by atoms with Crippen LogP contribution in [0.4, 0.5) is 23.5 Å². The van der Waals surface area contributed by atoms with Crippen LogP contribution in [0.25, 0.3) is 22.2 Å². The summed E-state index contributed by atoms with van der Waals surface area (Å²) in [4.78, 5) is 26.3. The number of furan rings is 1. The number of carbonyl (C=O) groups is 1. The standard InChI is InChI=1S/C24H22F4N6O4S/c1-13(33-39(36,37)21-9-15-8-16(25)5-6-19(15)38-21)22(35)30-12-17-10-18(32-23(31-17)34(2)3)14-4-7-20(29-11-14)24(26,27)28/h4-11,13,33H,12H2,1-3H3,(H,30,35)/t13-/m0/s1. The molecule has 3 aromatic heterocycles. The predicted octanol–water partition coefficient (Wildman–Crippen LogP) is 3.49. The van der Waals surface area contributed by atoms with E-state index in [1.165, 1.54) is 25.1 Å². The Bertz CT molecular complexity index is 1620. The van der Waals surface area contributed by atoms with E-state index >= 15 is 0 Å². The molecule has 39 heavy (non-hydrogen) atoms. The number of rotatable bonds is 8. The van der Waals surface area contributed by atoms with Gasteiger partial charge < -0.3 is 14.6 Å². The van der Waals surface area contributed by atoms with Gasteiger partial charge in [0.15, 0.2) is 0 Å². The van der Waals surface area contributed by atoms with E-state index in [0.29, 0.717) is 11.3 Å². The molecule has 4 rings (SSSR count). The molecule has 4 aromatic rings. The second kappa shape index (κ2) is 10.6. The molecule has 1 amide bonds. The van der Waals surface area contributed by atoms with Gasteiger partial charge in [-0.15, -0.1) is 0 Å². The highest BCUT2D eigenvalue weighted by Crippen LogP contribution is 2.29. The van der Waals surface area contributed by atoms with E-state index in [2.05, 4.69) is 25.0 Å². The lowest BCUT2D eigenvalue weighted by Crippen LogP contribution is -2.44. The van der Waals surface area contributed by atoms with Crippen molar-refractivity contribution in [2.75, 3.05) is 19.0 Å². The first-order chi connectivity index (χ1) is 18.2. The largest absolute Gasteiger partial charge is 0.443 e. The number of fused-ring (bicyclic) bond motifs is 1. The van der Waals surface area contributed by atoms with Gasteiger partial charge in [0.1, 0.15) is 17.1 Å². The number of pyridine rings is 1. The minimum Gasteiger partial charge on any atom is -0.443 e. The number of anilines is 1. The third-order valence-electron chi connectivity index (χ3n) is 5.41. The molecule has 3 heterocycles. The molecule has 0 aliphatic heterocycles. The van der Waals surface area contributed by atoms with Gasteiger partial charge in [0, 0.05) is 37.3 Å². The molecule has 1 atom stereocenters. The highest BCUT2D eigenvalue weighted by molar-refractivity contribution is 7.89. The monoisotopic (exact) mass is 566 g/mol. The highest BCUT2D eigenvalue weighted by Gasteiger charge is 2.32. The maximum atomic E-state index is 13.4. The third-order valence-corrected chi connectivity index (χ3v) is 6.80. The number of benzene rings is 1. The summed E-state index contributed by atoms with van der Waals surface area (Å²) in [5, 5.41) is 2.32. The molecule has 206 valence electrons. The van der Waals surface area contributed by atoms with Gasteiger partial charge in [0.05, 0.1) is 24.0 Å². The van der Waals surface area contributed by atoms with Gasteiger partial charge in [0.25, 0.3) is 10.0 Å². The molecule has 0 aliphatic carbocycles. The number of alkyl halides is 3. The zero-order valence-electron chi connectivity index (χ0n) is 20.7. The number of hydrogen-bond acceptors (Lipinski definition) is 8. The van der Waals surface area contributed by atoms with Gasteiger partial charge in [-0.25, -0.2) is 22.8 Å². The molecule has 0 aliphatic rings. The summed E-state index contributed by atoms with van der Waals surface area (Å²) in [5.74, 6) is -1.02. The van der Waals surface area contributed by atoms with Crippen molar-refractivity contribution >= 4 is 32.8 Å². The van der Waals surface area contributed by atoms with Crippen molar-refractivity contribution in [1.29, 1.82) is 0 Å². The number of amides is 1. The van der Waals surface area contributed by atoms with E-state index in [9.17, 15) is 30.8 Å². The Hall–Kier alpha value is -4.11. The highest BCUT2D eigenvalue weighted by atomic mass is 32.2. The minimum atomic E-state index is -4.59. The van der Waals surface area contributed by atoms with Crippen molar-refractivity contribution in [2.24, 2.45) is 0 Å². The van der Waals surface area contributed by atoms with Crippen LogP contribution < -0.4 is 14.9 Å². The Labute approximate surface area is 220 Å². The smallest absolute Gasteiger partial charge is 0.433 e. The number of nitrogens with one attached hydrogen (secondary N) is 2. The summed E-state index contributed by atoms with van der Waals surface area (Å²) in [6.45, 7) is 1.18. The Morgan fingerprint density at radius 1 is 1.10 bits per heavy atom. The Morgan fingerprint density at radius 3 is 2.49 bits per heavy atom. The van der Waals surface area contributed by atoms with Gasteiger partial charge >= 0.3 is 6.18 Å². The average Bonchev–Trinajstić information content (AvgIpc) is 3.30. The van der Waals surface area contributed by atoms with Crippen LogP contribution in [0.5, 0.6) is 0 Å². The fraction of sp³-hybridized carbons (Fsp3) is 0.250. The zero-order chi connectivity index (χ0) is 28.5. The normalized spacial score (nSPS) is 12.9. The average molecular weight is 567 g/mol. The van der Waals surface area contributed by atoms with E-state index < -0.39 is 44.8 Å². The molecule has 2 N–H and O–H groups in total. The molecule has 0 spiro atoms. The maximum Gasteiger partial charge on any atom is 0.433 e. The fourth-order valence-corrected chi connectivity index (χ4v) is 4.60. The molecule has 1 aromatic carbocycles. The van der Waals surface area contributed by atoms with Crippen LogP contribution in [-0.4, -0.2) is 49.4 Å².